The molecule has 1 amide bonds. The van der Waals surface area contributed by atoms with Gasteiger partial charge in [0.2, 0.25) is 0 Å². The lowest BCUT2D eigenvalue weighted by molar-refractivity contribution is 0.0953. The summed E-state index contributed by atoms with van der Waals surface area (Å²) in [5, 5.41) is 21.0. The molecule has 0 fully saturated rings. The summed E-state index contributed by atoms with van der Waals surface area (Å²) in [6.07, 6.45) is 6.50. The fraction of sp³-hybridized carbons (Fsp3) is 0.346. The van der Waals surface area contributed by atoms with Crippen molar-refractivity contribution in [1.82, 2.24) is 15.5 Å². The predicted molar refractivity (Wildman–Crippen MR) is 130 cm³/mol. The SMILES string of the molecule is CCCCCCCNC(=O)c1ccc(CCOc2cc(-c3ccccc3O)nnc2N)cc1. The smallest absolute Gasteiger partial charge is 0.251 e. The van der Waals surface area contributed by atoms with E-state index in [9.17, 15) is 9.90 Å². The third kappa shape index (κ3) is 7.20. The van der Waals surface area contributed by atoms with E-state index in [1.54, 1.807) is 24.3 Å². The fourth-order valence-corrected chi connectivity index (χ4v) is 3.46. The summed E-state index contributed by atoms with van der Waals surface area (Å²) >= 11 is 0. The van der Waals surface area contributed by atoms with Crippen molar-refractivity contribution in [3.63, 3.8) is 0 Å². The van der Waals surface area contributed by atoms with Gasteiger partial charge in [-0.05, 0) is 36.2 Å². The number of unbranched alkanes of at least 4 members (excludes halogenated alkanes) is 4. The molecule has 1 aromatic heterocycles. The summed E-state index contributed by atoms with van der Waals surface area (Å²) in [4.78, 5) is 12.3. The Morgan fingerprint density at radius 3 is 2.55 bits per heavy atom. The van der Waals surface area contributed by atoms with Crippen LogP contribution in [0.2, 0.25) is 0 Å². The molecule has 0 radical (unpaired) electrons. The number of hydrogen-bond donors (Lipinski definition) is 3. The number of carbonyl (C=O) groups is 1. The molecular weight excluding hydrogens is 416 g/mol. The van der Waals surface area contributed by atoms with Gasteiger partial charge in [0.15, 0.2) is 11.6 Å². The van der Waals surface area contributed by atoms with Crippen LogP contribution < -0.4 is 15.8 Å². The van der Waals surface area contributed by atoms with Crippen LogP contribution in [0.15, 0.2) is 54.6 Å². The maximum absolute atomic E-state index is 12.3. The average molecular weight is 449 g/mol. The maximum atomic E-state index is 12.3. The number of hydrogen-bond acceptors (Lipinski definition) is 6. The number of nitrogens with one attached hydrogen (secondary N) is 1. The number of benzene rings is 2. The van der Waals surface area contributed by atoms with Gasteiger partial charge in [-0.3, -0.25) is 4.79 Å². The van der Waals surface area contributed by atoms with Crippen molar-refractivity contribution < 1.29 is 14.6 Å². The van der Waals surface area contributed by atoms with Crippen LogP contribution in [0.3, 0.4) is 0 Å². The molecule has 0 aliphatic rings. The zero-order chi connectivity index (χ0) is 23.5. The highest BCUT2D eigenvalue weighted by molar-refractivity contribution is 5.94. The van der Waals surface area contributed by atoms with E-state index in [-0.39, 0.29) is 17.5 Å². The quantitative estimate of drug-likeness (QED) is 0.345. The number of rotatable bonds is 12. The van der Waals surface area contributed by atoms with E-state index in [0.717, 1.165) is 18.4 Å². The van der Waals surface area contributed by atoms with Crippen molar-refractivity contribution in [2.24, 2.45) is 0 Å². The molecular formula is C26H32N4O3. The van der Waals surface area contributed by atoms with Gasteiger partial charge in [0.05, 0.1) is 6.61 Å². The number of nitrogens with zero attached hydrogens (tertiary/aromatic N) is 2. The van der Waals surface area contributed by atoms with Crippen molar-refractivity contribution >= 4 is 11.7 Å². The van der Waals surface area contributed by atoms with Crippen molar-refractivity contribution in [3.8, 4) is 22.8 Å². The average Bonchev–Trinajstić information content (AvgIpc) is 2.83. The molecule has 3 aromatic rings. The summed E-state index contributed by atoms with van der Waals surface area (Å²) in [6, 6.07) is 16.1. The number of nitrogen functional groups attached to an aromatic ring is 1. The van der Waals surface area contributed by atoms with Gasteiger partial charge < -0.3 is 20.9 Å². The van der Waals surface area contributed by atoms with Crippen LogP contribution in [0.25, 0.3) is 11.3 Å². The zero-order valence-electron chi connectivity index (χ0n) is 19.1. The van der Waals surface area contributed by atoms with Gasteiger partial charge in [0.1, 0.15) is 11.4 Å². The highest BCUT2D eigenvalue weighted by Crippen LogP contribution is 2.30. The van der Waals surface area contributed by atoms with Gasteiger partial charge in [-0.15, -0.1) is 10.2 Å². The van der Waals surface area contributed by atoms with Crippen molar-refractivity contribution in [1.29, 1.82) is 0 Å². The van der Waals surface area contributed by atoms with Gasteiger partial charge in [-0.25, -0.2) is 0 Å². The van der Waals surface area contributed by atoms with E-state index >= 15 is 0 Å². The van der Waals surface area contributed by atoms with E-state index in [0.29, 0.717) is 42.1 Å². The molecule has 0 unspecified atom stereocenters. The van der Waals surface area contributed by atoms with E-state index in [1.807, 2.05) is 30.3 Å². The number of para-hydroxylation sites is 1. The Bertz CT molecular complexity index is 1040. The first kappa shape index (κ1) is 24.0. The van der Waals surface area contributed by atoms with Crippen LogP contribution in [-0.2, 0) is 6.42 Å². The molecule has 0 atom stereocenters. The maximum Gasteiger partial charge on any atom is 0.251 e. The standard InChI is InChI=1S/C26H32N4O3/c1-2-3-4-5-8-16-28-26(32)20-13-11-19(12-14-20)15-17-33-24-18-22(29-30-25(24)27)21-9-6-7-10-23(21)31/h6-7,9-14,18,31H,2-5,8,15-17H2,1H3,(H2,27,30)(H,28,32). The van der Waals surface area contributed by atoms with Gasteiger partial charge in [-0.2, -0.15) is 0 Å². The molecule has 3 rings (SSSR count). The second-order valence-electron chi connectivity index (χ2n) is 7.96. The first-order chi connectivity index (χ1) is 16.1. The topological polar surface area (TPSA) is 110 Å². The Morgan fingerprint density at radius 1 is 1.03 bits per heavy atom. The minimum Gasteiger partial charge on any atom is -0.507 e. The molecule has 0 saturated carbocycles. The van der Waals surface area contributed by atoms with Crippen molar-refractivity contribution in [3.05, 3.63) is 65.7 Å². The van der Waals surface area contributed by atoms with Crippen LogP contribution >= 0.6 is 0 Å². The lowest BCUT2D eigenvalue weighted by atomic mass is 10.1. The third-order valence-corrected chi connectivity index (χ3v) is 5.40. The Balaban J connectivity index is 1.48. The van der Waals surface area contributed by atoms with Gasteiger partial charge in [0.25, 0.3) is 5.91 Å². The van der Waals surface area contributed by atoms with Gasteiger partial charge >= 0.3 is 0 Å². The van der Waals surface area contributed by atoms with Crippen LogP contribution in [0.4, 0.5) is 5.82 Å². The third-order valence-electron chi connectivity index (χ3n) is 5.40. The number of phenolic OH excluding ortho intramolecular Hbond substituents is 1. The van der Waals surface area contributed by atoms with E-state index in [2.05, 4.69) is 22.4 Å². The molecule has 0 aliphatic heterocycles. The Morgan fingerprint density at radius 2 is 1.79 bits per heavy atom. The largest absolute Gasteiger partial charge is 0.507 e. The normalized spacial score (nSPS) is 10.7. The van der Waals surface area contributed by atoms with Gasteiger partial charge in [0, 0.05) is 30.2 Å². The summed E-state index contributed by atoms with van der Waals surface area (Å²) in [5.41, 5.74) is 8.66. The Hall–Kier alpha value is -3.61. The van der Waals surface area contributed by atoms with Crippen LogP contribution in [0, 0.1) is 0 Å². The minimum absolute atomic E-state index is 0.0411. The summed E-state index contributed by atoms with van der Waals surface area (Å²) in [5.74, 6) is 0.679. The highest BCUT2D eigenvalue weighted by Gasteiger charge is 2.11. The number of anilines is 1. The molecule has 0 saturated heterocycles. The van der Waals surface area contributed by atoms with Crippen LogP contribution in [0.5, 0.6) is 11.5 Å². The molecule has 0 aliphatic carbocycles. The van der Waals surface area contributed by atoms with Crippen molar-refractivity contribution in [2.45, 2.75) is 45.4 Å². The summed E-state index contributed by atoms with van der Waals surface area (Å²) < 4.78 is 5.83. The number of aromatic nitrogens is 2. The van der Waals surface area contributed by atoms with Crippen LogP contribution in [0.1, 0.15) is 54.9 Å². The minimum atomic E-state index is -0.0411. The second kappa shape index (κ2) is 12.4. The monoisotopic (exact) mass is 448 g/mol. The summed E-state index contributed by atoms with van der Waals surface area (Å²) in [6.45, 7) is 3.29. The number of carbonyl (C=O) groups excluding carboxylic acids is 1. The Kier molecular flexibility index (Phi) is 9.06. The first-order valence-corrected chi connectivity index (χ1v) is 11.5. The molecule has 2 aromatic carbocycles. The lowest BCUT2D eigenvalue weighted by Crippen LogP contribution is -2.24. The number of nitrogens with two attached hydrogens (primary N) is 1. The number of phenols is 1. The molecule has 4 N–H and O–H groups in total. The van der Waals surface area contributed by atoms with Gasteiger partial charge in [-0.1, -0.05) is 56.9 Å². The molecule has 174 valence electrons. The molecule has 33 heavy (non-hydrogen) atoms. The molecule has 7 nitrogen and oxygen atoms in total. The second-order valence-corrected chi connectivity index (χ2v) is 7.96. The number of amides is 1. The number of aromatic hydroxyl groups is 1. The van der Waals surface area contributed by atoms with E-state index in [4.69, 9.17) is 10.5 Å². The van der Waals surface area contributed by atoms with Crippen LogP contribution in [-0.4, -0.2) is 34.4 Å². The predicted octanol–water partition coefficient (Wildman–Crippen LogP) is 4.75. The molecule has 7 heteroatoms. The summed E-state index contributed by atoms with van der Waals surface area (Å²) in [7, 11) is 0. The first-order valence-electron chi connectivity index (χ1n) is 11.5. The van der Waals surface area contributed by atoms with E-state index in [1.165, 1.54) is 19.3 Å². The molecule has 0 bridgehead atoms. The zero-order valence-corrected chi connectivity index (χ0v) is 19.1. The molecule has 1 heterocycles. The number of ether oxygens (including phenoxy) is 1. The lowest BCUT2D eigenvalue weighted by Gasteiger charge is -2.10. The Labute approximate surface area is 195 Å². The fourth-order valence-electron chi connectivity index (χ4n) is 3.46. The highest BCUT2D eigenvalue weighted by atomic mass is 16.5. The van der Waals surface area contributed by atoms with E-state index < -0.39 is 0 Å². The molecule has 0 spiro atoms. The van der Waals surface area contributed by atoms with Crippen molar-refractivity contribution in [2.75, 3.05) is 18.9 Å².